The molecule has 28 heavy (non-hydrogen) atoms. The first-order chi connectivity index (χ1) is 13.4. The molecule has 0 bridgehead atoms. The standard InChI is InChI=1S/C21H20N2O4S/c1-2-18(14-24)22-21(25)17-8-5-9-19(12-17)23-28(26,27)20-11-10-15-6-3-4-7-16(15)13-20/h3-14,18,23H,2H2,1H3,(H,22,25). The predicted octanol–water partition coefficient (Wildman–Crippen LogP) is 3.35. The van der Waals surface area contributed by atoms with Crippen LogP contribution in [0.3, 0.4) is 0 Å². The van der Waals surface area contributed by atoms with E-state index in [2.05, 4.69) is 10.0 Å². The highest BCUT2D eigenvalue weighted by molar-refractivity contribution is 7.92. The van der Waals surface area contributed by atoms with E-state index in [-0.39, 0.29) is 16.1 Å². The van der Waals surface area contributed by atoms with Gasteiger partial charge in [-0.05, 0) is 47.5 Å². The summed E-state index contributed by atoms with van der Waals surface area (Å²) in [6.45, 7) is 1.79. The second kappa shape index (κ2) is 8.22. The molecule has 0 aliphatic rings. The van der Waals surface area contributed by atoms with Gasteiger partial charge in [-0.15, -0.1) is 0 Å². The lowest BCUT2D eigenvalue weighted by atomic mass is 10.1. The quantitative estimate of drug-likeness (QED) is 0.599. The predicted molar refractivity (Wildman–Crippen MR) is 109 cm³/mol. The van der Waals surface area contributed by atoms with Crippen molar-refractivity contribution in [2.45, 2.75) is 24.3 Å². The van der Waals surface area contributed by atoms with E-state index in [9.17, 15) is 18.0 Å². The number of sulfonamides is 1. The Bertz CT molecular complexity index is 1130. The Labute approximate surface area is 163 Å². The summed E-state index contributed by atoms with van der Waals surface area (Å²) in [5, 5.41) is 4.35. The van der Waals surface area contributed by atoms with E-state index in [0.717, 1.165) is 10.8 Å². The van der Waals surface area contributed by atoms with Gasteiger partial charge in [-0.3, -0.25) is 9.52 Å². The number of aldehydes is 1. The molecule has 0 aromatic heterocycles. The summed E-state index contributed by atoms with van der Waals surface area (Å²) < 4.78 is 28.0. The van der Waals surface area contributed by atoms with Crippen LogP contribution >= 0.6 is 0 Å². The molecule has 3 aromatic rings. The molecule has 1 amide bonds. The van der Waals surface area contributed by atoms with Gasteiger partial charge in [-0.25, -0.2) is 8.42 Å². The SMILES string of the molecule is CCC(C=O)NC(=O)c1cccc(NS(=O)(=O)c2ccc3ccccc3c2)c1. The van der Waals surface area contributed by atoms with E-state index in [1.54, 1.807) is 37.3 Å². The summed E-state index contributed by atoms with van der Waals surface area (Å²) in [4.78, 5) is 23.3. The number of hydrogen-bond donors (Lipinski definition) is 2. The van der Waals surface area contributed by atoms with Gasteiger partial charge in [0.2, 0.25) is 0 Å². The van der Waals surface area contributed by atoms with Crippen LogP contribution in [0.2, 0.25) is 0 Å². The molecule has 7 heteroatoms. The molecule has 0 saturated carbocycles. The lowest BCUT2D eigenvalue weighted by Gasteiger charge is -2.12. The van der Waals surface area contributed by atoms with Crippen molar-refractivity contribution in [2.24, 2.45) is 0 Å². The van der Waals surface area contributed by atoms with Crippen LogP contribution in [0.15, 0.2) is 71.6 Å². The van der Waals surface area contributed by atoms with E-state index in [1.165, 1.54) is 12.1 Å². The fourth-order valence-corrected chi connectivity index (χ4v) is 3.84. The Morgan fingerprint density at radius 2 is 1.75 bits per heavy atom. The number of nitrogens with one attached hydrogen (secondary N) is 2. The number of carbonyl (C=O) groups excluding carboxylic acids is 2. The maximum absolute atomic E-state index is 12.7. The Morgan fingerprint density at radius 1 is 1.00 bits per heavy atom. The zero-order chi connectivity index (χ0) is 20.1. The second-order valence-corrected chi connectivity index (χ2v) is 8.00. The van der Waals surface area contributed by atoms with Crippen molar-refractivity contribution in [3.8, 4) is 0 Å². The van der Waals surface area contributed by atoms with Crippen LogP contribution in [0.4, 0.5) is 5.69 Å². The average Bonchev–Trinajstić information content (AvgIpc) is 2.71. The topological polar surface area (TPSA) is 92.3 Å². The van der Waals surface area contributed by atoms with Crippen LogP contribution in [0, 0.1) is 0 Å². The highest BCUT2D eigenvalue weighted by atomic mass is 32.2. The van der Waals surface area contributed by atoms with E-state index in [0.29, 0.717) is 12.7 Å². The van der Waals surface area contributed by atoms with Gasteiger partial charge in [-0.2, -0.15) is 0 Å². The maximum atomic E-state index is 12.7. The third-order valence-electron chi connectivity index (χ3n) is 4.33. The second-order valence-electron chi connectivity index (χ2n) is 6.32. The largest absolute Gasteiger partial charge is 0.343 e. The minimum atomic E-state index is -3.82. The summed E-state index contributed by atoms with van der Waals surface area (Å²) in [7, 11) is -3.82. The molecule has 3 rings (SSSR count). The highest BCUT2D eigenvalue weighted by Gasteiger charge is 2.16. The van der Waals surface area contributed by atoms with Gasteiger partial charge in [0.15, 0.2) is 0 Å². The minimum absolute atomic E-state index is 0.132. The molecule has 0 aliphatic heterocycles. The lowest BCUT2D eigenvalue weighted by molar-refractivity contribution is -0.109. The summed E-state index contributed by atoms with van der Waals surface area (Å²) in [5.74, 6) is -0.439. The molecule has 0 saturated heterocycles. The molecule has 6 nitrogen and oxygen atoms in total. The van der Waals surface area contributed by atoms with Crippen molar-refractivity contribution in [3.05, 3.63) is 72.3 Å². The molecule has 0 spiro atoms. The Hall–Kier alpha value is -3.19. The number of anilines is 1. The minimum Gasteiger partial charge on any atom is -0.343 e. The van der Waals surface area contributed by atoms with Crippen molar-refractivity contribution in [2.75, 3.05) is 4.72 Å². The van der Waals surface area contributed by atoms with E-state index in [4.69, 9.17) is 0 Å². The fourth-order valence-electron chi connectivity index (χ4n) is 2.76. The van der Waals surface area contributed by atoms with Gasteiger partial charge in [0, 0.05) is 11.3 Å². The first-order valence-electron chi connectivity index (χ1n) is 8.81. The molecule has 1 unspecified atom stereocenters. The highest BCUT2D eigenvalue weighted by Crippen LogP contribution is 2.22. The van der Waals surface area contributed by atoms with Crippen LogP contribution in [-0.4, -0.2) is 26.7 Å². The molecule has 0 fully saturated rings. The van der Waals surface area contributed by atoms with Crippen molar-refractivity contribution >= 4 is 38.7 Å². The lowest BCUT2D eigenvalue weighted by Crippen LogP contribution is -2.35. The van der Waals surface area contributed by atoms with E-state index in [1.807, 2.05) is 24.3 Å². The molecule has 0 radical (unpaired) electrons. The molecule has 144 valence electrons. The van der Waals surface area contributed by atoms with Gasteiger partial charge in [0.05, 0.1) is 10.9 Å². The summed E-state index contributed by atoms with van der Waals surface area (Å²) >= 11 is 0. The van der Waals surface area contributed by atoms with E-state index >= 15 is 0 Å². The number of fused-ring (bicyclic) bond motifs is 1. The maximum Gasteiger partial charge on any atom is 0.261 e. The van der Waals surface area contributed by atoms with Gasteiger partial charge in [0.25, 0.3) is 15.9 Å². The molecule has 3 aromatic carbocycles. The Morgan fingerprint density at radius 3 is 2.46 bits per heavy atom. The number of carbonyl (C=O) groups is 2. The third-order valence-corrected chi connectivity index (χ3v) is 5.71. The van der Waals surface area contributed by atoms with E-state index < -0.39 is 22.0 Å². The number of rotatable bonds is 7. The van der Waals surface area contributed by atoms with Crippen molar-refractivity contribution in [1.29, 1.82) is 0 Å². The Kier molecular flexibility index (Phi) is 5.75. The smallest absolute Gasteiger partial charge is 0.261 e. The van der Waals surface area contributed by atoms with Gasteiger partial charge < -0.3 is 10.1 Å². The molecule has 1 atom stereocenters. The van der Waals surface area contributed by atoms with Crippen LogP contribution in [0.1, 0.15) is 23.7 Å². The molecule has 0 heterocycles. The zero-order valence-corrected chi connectivity index (χ0v) is 16.1. The summed E-state index contributed by atoms with van der Waals surface area (Å²) in [6.07, 6.45) is 1.15. The third kappa shape index (κ3) is 4.37. The van der Waals surface area contributed by atoms with Crippen molar-refractivity contribution in [1.82, 2.24) is 5.32 Å². The van der Waals surface area contributed by atoms with Crippen LogP contribution < -0.4 is 10.0 Å². The summed E-state index contributed by atoms with van der Waals surface area (Å²) in [5.41, 5.74) is 0.527. The first-order valence-corrected chi connectivity index (χ1v) is 10.3. The molecular formula is C21H20N2O4S. The van der Waals surface area contributed by atoms with Gasteiger partial charge in [0.1, 0.15) is 6.29 Å². The zero-order valence-electron chi connectivity index (χ0n) is 15.3. The molecule has 2 N–H and O–H groups in total. The number of amides is 1. The van der Waals surface area contributed by atoms with Crippen LogP contribution in [0.25, 0.3) is 10.8 Å². The van der Waals surface area contributed by atoms with Crippen LogP contribution in [-0.2, 0) is 14.8 Å². The van der Waals surface area contributed by atoms with Crippen molar-refractivity contribution in [3.63, 3.8) is 0 Å². The van der Waals surface area contributed by atoms with Crippen molar-refractivity contribution < 1.29 is 18.0 Å². The number of benzene rings is 3. The first kappa shape index (κ1) is 19.6. The average molecular weight is 396 g/mol. The monoisotopic (exact) mass is 396 g/mol. The number of hydrogen-bond acceptors (Lipinski definition) is 4. The fraction of sp³-hybridized carbons (Fsp3) is 0.143. The molecule has 0 aliphatic carbocycles. The Balaban J connectivity index is 1.83. The van der Waals surface area contributed by atoms with Crippen LogP contribution in [0.5, 0.6) is 0 Å². The molecular weight excluding hydrogens is 376 g/mol. The van der Waals surface area contributed by atoms with Gasteiger partial charge in [-0.1, -0.05) is 43.3 Å². The normalized spacial score (nSPS) is 12.3. The summed E-state index contributed by atoms with van der Waals surface area (Å²) in [6, 6.07) is 17.9. The van der Waals surface area contributed by atoms with Gasteiger partial charge >= 0.3 is 0 Å².